The first-order chi connectivity index (χ1) is 9.06. The van der Waals surface area contributed by atoms with Crippen LogP contribution in [0.1, 0.15) is 0 Å². The number of hydrogen-bond acceptors (Lipinski definition) is 0. The SMILES string of the molecule is Fc1cc(-c2cc3cccc(F)c3[nH]2)cc(F)c1F. The molecule has 0 radical (unpaired) electrons. The lowest BCUT2D eigenvalue weighted by Gasteiger charge is -2.00. The molecule has 0 unspecified atom stereocenters. The van der Waals surface area contributed by atoms with Gasteiger partial charge in [-0.05, 0) is 24.3 Å². The first-order valence-electron chi connectivity index (χ1n) is 5.48. The lowest BCUT2D eigenvalue weighted by Crippen LogP contribution is -1.91. The maximum absolute atomic E-state index is 13.5. The van der Waals surface area contributed by atoms with Gasteiger partial charge in [0.15, 0.2) is 17.5 Å². The van der Waals surface area contributed by atoms with E-state index in [1.807, 2.05) is 0 Å². The van der Waals surface area contributed by atoms with E-state index in [4.69, 9.17) is 0 Å². The van der Waals surface area contributed by atoms with Crippen molar-refractivity contribution in [2.24, 2.45) is 0 Å². The monoisotopic (exact) mass is 265 g/mol. The second-order valence-corrected chi connectivity index (χ2v) is 4.14. The lowest BCUT2D eigenvalue weighted by molar-refractivity contribution is 0.447. The molecule has 0 fully saturated rings. The molecule has 0 saturated heterocycles. The van der Waals surface area contributed by atoms with Crippen molar-refractivity contribution in [2.75, 3.05) is 0 Å². The molecule has 3 aromatic rings. The van der Waals surface area contributed by atoms with Crippen LogP contribution in [0.25, 0.3) is 22.2 Å². The van der Waals surface area contributed by atoms with Crippen molar-refractivity contribution >= 4 is 10.9 Å². The van der Waals surface area contributed by atoms with E-state index in [2.05, 4.69) is 4.98 Å². The number of aromatic nitrogens is 1. The van der Waals surface area contributed by atoms with Gasteiger partial charge in [-0.25, -0.2) is 17.6 Å². The number of H-pyrrole nitrogens is 1. The minimum atomic E-state index is -1.52. The van der Waals surface area contributed by atoms with Crippen LogP contribution in [0.3, 0.4) is 0 Å². The van der Waals surface area contributed by atoms with Gasteiger partial charge < -0.3 is 4.98 Å². The summed E-state index contributed by atoms with van der Waals surface area (Å²) < 4.78 is 52.7. The third-order valence-electron chi connectivity index (χ3n) is 2.90. The van der Waals surface area contributed by atoms with E-state index in [9.17, 15) is 17.6 Å². The largest absolute Gasteiger partial charge is 0.352 e. The van der Waals surface area contributed by atoms with Crippen LogP contribution in [-0.4, -0.2) is 4.98 Å². The number of hydrogen-bond donors (Lipinski definition) is 1. The quantitative estimate of drug-likeness (QED) is 0.496. The molecule has 0 saturated carbocycles. The van der Waals surface area contributed by atoms with Crippen molar-refractivity contribution in [3.8, 4) is 11.3 Å². The molecule has 2 aromatic carbocycles. The first-order valence-corrected chi connectivity index (χ1v) is 5.48. The van der Waals surface area contributed by atoms with Gasteiger partial charge in [-0.3, -0.25) is 0 Å². The second kappa shape index (κ2) is 4.12. The van der Waals surface area contributed by atoms with Crippen LogP contribution in [0.5, 0.6) is 0 Å². The average molecular weight is 265 g/mol. The third-order valence-corrected chi connectivity index (χ3v) is 2.90. The molecular formula is C14H7F4N. The molecular weight excluding hydrogens is 258 g/mol. The highest BCUT2D eigenvalue weighted by molar-refractivity contribution is 5.86. The number of benzene rings is 2. The number of fused-ring (bicyclic) bond motifs is 1. The highest BCUT2D eigenvalue weighted by Gasteiger charge is 2.13. The van der Waals surface area contributed by atoms with E-state index in [0.717, 1.165) is 12.1 Å². The first kappa shape index (κ1) is 11.8. The van der Waals surface area contributed by atoms with E-state index in [-0.39, 0.29) is 11.1 Å². The van der Waals surface area contributed by atoms with E-state index in [0.29, 0.717) is 11.1 Å². The Labute approximate surface area is 105 Å². The molecule has 5 heteroatoms. The van der Waals surface area contributed by atoms with Crippen molar-refractivity contribution in [2.45, 2.75) is 0 Å². The smallest absolute Gasteiger partial charge is 0.194 e. The summed E-state index contributed by atoms with van der Waals surface area (Å²) in [6.45, 7) is 0. The molecule has 0 bridgehead atoms. The number of para-hydroxylation sites is 1. The number of rotatable bonds is 1. The van der Waals surface area contributed by atoms with E-state index >= 15 is 0 Å². The van der Waals surface area contributed by atoms with Gasteiger partial charge >= 0.3 is 0 Å². The summed E-state index contributed by atoms with van der Waals surface area (Å²) in [5, 5.41) is 0.570. The van der Waals surface area contributed by atoms with E-state index in [1.165, 1.54) is 12.1 Å². The van der Waals surface area contributed by atoms with Crippen LogP contribution in [-0.2, 0) is 0 Å². The van der Waals surface area contributed by atoms with E-state index < -0.39 is 23.3 Å². The Balaban J connectivity index is 2.22. The molecule has 96 valence electrons. The molecule has 19 heavy (non-hydrogen) atoms. The van der Waals surface area contributed by atoms with Crippen LogP contribution in [0.2, 0.25) is 0 Å². The zero-order chi connectivity index (χ0) is 13.6. The third kappa shape index (κ3) is 1.87. The Morgan fingerprint density at radius 1 is 0.789 bits per heavy atom. The van der Waals surface area contributed by atoms with Gasteiger partial charge in [0.05, 0.1) is 5.52 Å². The minimum Gasteiger partial charge on any atom is -0.352 e. The topological polar surface area (TPSA) is 15.8 Å². The van der Waals surface area contributed by atoms with Crippen molar-refractivity contribution < 1.29 is 17.6 Å². The normalized spacial score (nSPS) is 11.2. The van der Waals surface area contributed by atoms with Gasteiger partial charge in [0, 0.05) is 16.6 Å². The number of aromatic amines is 1. The molecule has 0 atom stereocenters. The van der Waals surface area contributed by atoms with Gasteiger partial charge in [0.1, 0.15) is 5.82 Å². The average Bonchev–Trinajstić information content (AvgIpc) is 2.81. The maximum Gasteiger partial charge on any atom is 0.194 e. The van der Waals surface area contributed by atoms with Crippen LogP contribution >= 0.6 is 0 Å². The van der Waals surface area contributed by atoms with Crippen LogP contribution in [0.4, 0.5) is 17.6 Å². The Kier molecular flexibility index (Phi) is 2.55. The lowest BCUT2D eigenvalue weighted by atomic mass is 10.1. The zero-order valence-corrected chi connectivity index (χ0v) is 9.48. The molecule has 1 heterocycles. The Morgan fingerprint density at radius 2 is 1.47 bits per heavy atom. The standard InChI is InChI=1S/C14H7F4N/c15-9-3-1-2-7-6-12(19-14(7)9)8-4-10(16)13(18)11(17)5-8/h1-6,19H. The summed E-state index contributed by atoms with van der Waals surface area (Å²) in [6.07, 6.45) is 0. The van der Waals surface area contributed by atoms with Gasteiger partial charge in [0.25, 0.3) is 0 Å². The molecule has 0 aliphatic carbocycles. The Morgan fingerprint density at radius 3 is 2.11 bits per heavy atom. The summed E-state index contributed by atoms with van der Waals surface area (Å²) in [6, 6.07) is 7.73. The molecule has 0 amide bonds. The fraction of sp³-hybridized carbons (Fsp3) is 0. The molecule has 0 aliphatic rings. The fourth-order valence-corrected chi connectivity index (χ4v) is 1.99. The molecule has 0 spiro atoms. The van der Waals surface area contributed by atoms with Crippen LogP contribution in [0.15, 0.2) is 36.4 Å². The van der Waals surface area contributed by atoms with E-state index in [1.54, 1.807) is 12.1 Å². The second-order valence-electron chi connectivity index (χ2n) is 4.14. The summed E-state index contributed by atoms with van der Waals surface area (Å²) >= 11 is 0. The fourth-order valence-electron chi connectivity index (χ4n) is 1.99. The van der Waals surface area contributed by atoms with Crippen molar-refractivity contribution in [1.82, 2.24) is 4.98 Å². The zero-order valence-electron chi connectivity index (χ0n) is 9.48. The number of halogens is 4. The number of nitrogens with one attached hydrogen (secondary N) is 1. The molecule has 1 nitrogen and oxygen atoms in total. The van der Waals surface area contributed by atoms with Crippen LogP contribution < -0.4 is 0 Å². The van der Waals surface area contributed by atoms with Crippen molar-refractivity contribution in [3.05, 3.63) is 59.7 Å². The van der Waals surface area contributed by atoms with Gasteiger partial charge in [-0.1, -0.05) is 12.1 Å². The Hall–Kier alpha value is -2.30. The van der Waals surface area contributed by atoms with Crippen molar-refractivity contribution in [1.29, 1.82) is 0 Å². The van der Waals surface area contributed by atoms with Gasteiger partial charge in [0.2, 0.25) is 0 Å². The summed E-state index contributed by atoms with van der Waals surface area (Å²) in [7, 11) is 0. The predicted octanol–water partition coefficient (Wildman–Crippen LogP) is 4.39. The summed E-state index contributed by atoms with van der Waals surface area (Å²) in [5.74, 6) is -4.55. The van der Waals surface area contributed by atoms with Crippen LogP contribution in [0, 0.1) is 23.3 Å². The summed E-state index contributed by atoms with van der Waals surface area (Å²) in [5.41, 5.74) is 0.674. The minimum absolute atomic E-state index is 0.118. The highest BCUT2D eigenvalue weighted by Crippen LogP contribution is 2.27. The van der Waals surface area contributed by atoms with Crippen molar-refractivity contribution in [3.63, 3.8) is 0 Å². The summed E-state index contributed by atoms with van der Waals surface area (Å²) in [4.78, 5) is 2.72. The molecule has 3 rings (SSSR count). The highest BCUT2D eigenvalue weighted by atomic mass is 19.2. The molecule has 1 aromatic heterocycles. The predicted molar refractivity (Wildman–Crippen MR) is 63.6 cm³/mol. The molecule has 1 N–H and O–H groups in total. The van der Waals surface area contributed by atoms with Gasteiger partial charge in [-0.15, -0.1) is 0 Å². The Bertz CT molecular complexity index is 753. The van der Waals surface area contributed by atoms with Gasteiger partial charge in [-0.2, -0.15) is 0 Å². The molecule has 0 aliphatic heterocycles. The maximum atomic E-state index is 13.5.